The number of phenolic OH excluding ortho intramolecular Hbond substituents is 1. The number of carbonyl (C=O) groups is 2. The van der Waals surface area contributed by atoms with Gasteiger partial charge in [0.2, 0.25) is 5.91 Å². The van der Waals surface area contributed by atoms with Gasteiger partial charge >= 0.3 is 0 Å². The van der Waals surface area contributed by atoms with Crippen molar-refractivity contribution in [3.63, 3.8) is 0 Å². The van der Waals surface area contributed by atoms with Crippen molar-refractivity contribution < 1.29 is 14.7 Å². The molecule has 0 aliphatic heterocycles. The molecule has 3 N–H and O–H groups in total. The quantitative estimate of drug-likeness (QED) is 0.586. The van der Waals surface area contributed by atoms with Gasteiger partial charge in [0.25, 0.3) is 5.91 Å². The smallest absolute Gasteiger partial charge is 0.252 e. The van der Waals surface area contributed by atoms with Crippen LogP contribution in [0.5, 0.6) is 5.75 Å². The normalized spacial score (nSPS) is 10.4. The van der Waals surface area contributed by atoms with Crippen molar-refractivity contribution >= 4 is 23.2 Å². The minimum atomic E-state index is -0.158. The van der Waals surface area contributed by atoms with Crippen LogP contribution in [-0.4, -0.2) is 23.5 Å². The molecule has 0 aliphatic rings. The van der Waals surface area contributed by atoms with Gasteiger partial charge in [-0.15, -0.1) is 0 Å². The lowest BCUT2D eigenvalue weighted by atomic mass is 10.0. The minimum Gasteiger partial charge on any atom is -0.508 e. The Morgan fingerprint density at radius 1 is 0.889 bits per heavy atom. The summed E-state index contributed by atoms with van der Waals surface area (Å²) in [7, 11) is 0. The van der Waals surface area contributed by atoms with Gasteiger partial charge in [-0.05, 0) is 40.3 Å². The van der Waals surface area contributed by atoms with E-state index in [9.17, 15) is 14.7 Å². The Morgan fingerprint density at radius 2 is 1.56 bits per heavy atom. The molecule has 0 radical (unpaired) electrons. The molecule has 0 saturated heterocycles. The molecule has 0 unspecified atom stereocenters. The van der Waals surface area contributed by atoms with Crippen LogP contribution >= 0.6 is 11.3 Å². The van der Waals surface area contributed by atoms with Gasteiger partial charge in [-0.25, -0.2) is 0 Å². The van der Waals surface area contributed by atoms with E-state index in [1.165, 1.54) is 11.3 Å². The van der Waals surface area contributed by atoms with Crippen LogP contribution in [0.25, 0.3) is 11.1 Å². The van der Waals surface area contributed by atoms with Gasteiger partial charge in [0.05, 0.1) is 0 Å². The van der Waals surface area contributed by atoms with Gasteiger partial charge in [-0.3, -0.25) is 9.59 Å². The number of thiophene rings is 1. The summed E-state index contributed by atoms with van der Waals surface area (Å²) >= 11 is 1.46. The van der Waals surface area contributed by atoms with E-state index >= 15 is 0 Å². The van der Waals surface area contributed by atoms with Gasteiger partial charge in [-0.1, -0.05) is 36.4 Å². The number of rotatable bonds is 7. The Balaban J connectivity index is 1.42. The Labute approximate surface area is 161 Å². The molecule has 0 aliphatic carbocycles. The lowest BCUT2D eigenvalue weighted by Gasteiger charge is -2.08. The molecule has 138 valence electrons. The van der Waals surface area contributed by atoms with Crippen molar-refractivity contribution in [3.8, 4) is 16.9 Å². The summed E-state index contributed by atoms with van der Waals surface area (Å²) < 4.78 is 0. The fourth-order valence-corrected chi connectivity index (χ4v) is 3.18. The summed E-state index contributed by atoms with van der Waals surface area (Å²) in [5.74, 6) is -0.0262. The summed E-state index contributed by atoms with van der Waals surface area (Å²) in [6.07, 6.45) is 0.238. The van der Waals surface area contributed by atoms with Gasteiger partial charge in [0.1, 0.15) is 5.75 Å². The summed E-state index contributed by atoms with van der Waals surface area (Å²) in [5.41, 5.74) is 3.67. The molecule has 0 spiro atoms. The van der Waals surface area contributed by atoms with Crippen LogP contribution < -0.4 is 10.6 Å². The summed E-state index contributed by atoms with van der Waals surface area (Å²) in [4.78, 5) is 23.7. The van der Waals surface area contributed by atoms with E-state index in [-0.39, 0.29) is 24.0 Å². The number of carbonyl (C=O) groups excluding carboxylic acids is 2. The number of aromatic hydroxyl groups is 1. The van der Waals surface area contributed by atoms with Crippen LogP contribution in [-0.2, 0) is 11.3 Å². The summed E-state index contributed by atoms with van der Waals surface area (Å²) in [5, 5.41) is 18.5. The Kier molecular flexibility index (Phi) is 6.22. The number of phenols is 1. The summed E-state index contributed by atoms with van der Waals surface area (Å²) in [6, 6.07) is 16.7. The molecule has 3 rings (SSSR count). The van der Waals surface area contributed by atoms with E-state index < -0.39 is 0 Å². The maximum Gasteiger partial charge on any atom is 0.252 e. The highest BCUT2D eigenvalue weighted by molar-refractivity contribution is 7.08. The zero-order valence-electron chi connectivity index (χ0n) is 14.6. The lowest BCUT2D eigenvalue weighted by Crippen LogP contribution is -2.30. The van der Waals surface area contributed by atoms with Crippen molar-refractivity contribution in [2.75, 3.05) is 6.54 Å². The molecule has 0 fully saturated rings. The van der Waals surface area contributed by atoms with Crippen molar-refractivity contribution in [1.82, 2.24) is 10.6 Å². The number of amides is 2. The highest BCUT2D eigenvalue weighted by Gasteiger charge is 2.07. The third-order valence-corrected chi connectivity index (χ3v) is 4.75. The molecule has 5 nitrogen and oxygen atoms in total. The van der Waals surface area contributed by atoms with Crippen molar-refractivity contribution in [2.45, 2.75) is 13.0 Å². The molecule has 1 heterocycles. The second-order valence-corrected chi connectivity index (χ2v) is 6.82. The van der Waals surface area contributed by atoms with Crippen LogP contribution in [0.4, 0.5) is 0 Å². The maximum atomic E-state index is 11.9. The second kappa shape index (κ2) is 9.00. The molecular formula is C21H20N2O3S. The highest BCUT2D eigenvalue weighted by Crippen LogP contribution is 2.22. The van der Waals surface area contributed by atoms with Crippen LogP contribution in [0, 0.1) is 0 Å². The van der Waals surface area contributed by atoms with Crippen molar-refractivity contribution in [1.29, 1.82) is 0 Å². The monoisotopic (exact) mass is 380 g/mol. The van der Waals surface area contributed by atoms with Crippen LogP contribution in [0.1, 0.15) is 22.3 Å². The van der Waals surface area contributed by atoms with E-state index in [2.05, 4.69) is 10.6 Å². The van der Waals surface area contributed by atoms with Gasteiger partial charge in [0, 0.05) is 30.5 Å². The zero-order valence-corrected chi connectivity index (χ0v) is 15.5. The Hall–Kier alpha value is -3.12. The van der Waals surface area contributed by atoms with E-state index in [1.807, 2.05) is 41.8 Å². The second-order valence-electron chi connectivity index (χ2n) is 6.04. The fraction of sp³-hybridized carbons (Fsp3) is 0.143. The van der Waals surface area contributed by atoms with Gasteiger partial charge in [0.15, 0.2) is 0 Å². The average molecular weight is 380 g/mol. The Morgan fingerprint density at radius 3 is 2.19 bits per heavy atom. The first-order chi connectivity index (χ1) is 13.1. The number of hydrogen-bond donors (Lipinski definition) is 3. The van der Waals surface area contributed by atoms with E-state index in [1.54, 1.807) is 23.6 Å². The van der Waals surface area contributed by atoms with Gasteiger partial charge in [-0.2, -0.15) is 11.3 Å². The van der Waals surface area contributed by atoms with E-state index in [0.29, 0.717) is 18.7 Å². The molecule has 6 heteroatoms. The van der Waals surface area contributed by atoms with Crippen molar-refractivity contribution in [3.05, 3.63) is 76.5 Å². The zero-order chi connectivity index (χ0) is 19.1. The molecule has 2 amide bonds. The molecule has 2 aromatic carbocycles. The number of nitrogens with one attached hydrogen (secondary N) is 2. The fourth-order valence-electron chi connectivity index (χ4n) is 2.54. The van der Waals surface area contributed by atoms with Crippen molar-refractivity contribution in [2.24, 2.45) is 0 Å². The van der Waals surface area contributed by atoms with E-state index in [4.69, 9.17) is 0 Å². The van der Waals surface area contributed by atoms with Crippen LogP contribution in [0.2, 0.25) is 0 Å². The maximum absolute atomic E-state index is 11.9. The third-order valence-electron chi connectivity index (χ3n) is 4.07. The van der Waals surface area contributed by atoms with Crippen LogP contribution in [0.3, 0.4) is 0 Å². The first kappa shape index (κ1) is 18.7. The molecule has 3 aromatic rings. The first-order valence-electron chi connectivity index (χ1n) is 8.57. The van der Waals surface area contributed by atoms with Crippen LogP contribution in [0.15, 0.2) is 65.4 Å². The molecule has 0 saturated carbocycles. The predicted molar refractivity (Wildman–Crippen MR) is 107 cm³/mol. The SMILES string of the molecule is O=C(CCNC(=O)c1ccsc1)NCc1ccc(-c2ccc(O)cc2)cc1. The number of hydrogen-bond acceptors (Lipinski definition) is 4. The predicted octanol–water partition coefficient (Wildman–Crippen LogP) is 3.56. The average Bonchev–Trinajstić information content (AvgIpc) is 3.22. The minimum absolute atomic E-state index is 0.108. The topological polar surface area (TPSA) is 78.4 Å². The third kappa shape index (κ3) is 5.43. The molecule has 0 bridgehead atoms. The standard InChI is InChI=1S/C21H20N2O3S/c24-19-7-5-17(6-8-19)16-3-1-15(2-4-16)13-23-20(25)9-11-22-21(26)18-10-12-27-14-18/h1-8,10,12,14,24H,9,11,13H2,(H,22,26)(H,23,25). The molecule has 1 aromatic heterocycles. The first-order valence-corrected chi connectivity index (χ1v) is 9.51. The summed E-state index contributed by atoms with van der Waals surface area (Å²) in [6.45, 7) is 0.744. The van der Waals surface area contributed by atoms with E-state index in [0.717, 1.165) is 16.7 Å². The molecular weight excluding hydrogens is 360 g/mol. The highest BCUT2D eigenvalue weighted by atomic mass is 32.1. The van der Waals surface area contributed by atoms with Gasteiger partial charge < -0.3 is 15.7 Å². The lowest BCUT2D eigenvalue weighted by molar-refractivity contribution is -0.121. The largest absolute Gasteiger partial charge is 0.508 e. The number of benzene rings is 2. The Bertz CT molecular complexity index is 888. The molecule has 27 heavy (non-hydrogen) atoms. The molecule has 0 atom stereocenters.